The number of hydrogen-bond acceptors (Lipinski definition) is 1. The minimum Gasteiger partial charge on any atom is -0.262 e. The highest BCUT2D eigenvalue weighted by Gasteiger charge is 2.25. The minimum atomic E-state index is 0.671. The summed E-state index contributed by atoms with van der Waals surface area (Å²) >= 11 is 0. The maximum atomic E-state index is 4.35. The van der Waals surface area contributed by atoms with Crippen molar-refractivity contribution in [1.29, 1.82) is 0 Å². The smallest absolute Gasteiger partial charge is 0.0686 e. The van der Waals surface area contributed by atoms with E-state index < -0.39 is 0 Å². The van der Waals surface area contributed by atoms with Gasteiger partial charge in [0.25, 0.3) is 0 Å². The Balaban J connectivity index is 2.30. The zero-order chi connectivity index (χ0) is 7.97. The number of rotatable bonds is 1. The first-order valence-corrected chi connectivity index (χ1v) is 4.28. The Bertz CT molecular complexity index is 412. The fourth-order valence-corrected chi connectivity index (χ4v) is 1.54. The molecule has 1 fully saturated rings. The van der Waals surface area contributed by atoms with Crippen molar-refractivity contribution >= 4 is 10.9 Å². The van der Waals surface area contributed by atoms with E-state index in [0.29, 0.717) is 6.04 Å². The SMILES string of the molecule is [c]1ccc2c(c1)cnn2C1CC1. The predicted molar refractivity (Wildman–Crippen MR) is 46.8 cm³/mol. The third-order valence-corrected chi connectivity index (χ3v) is 2.33. The van der Waals surface area contributed by atoms with Gasteiger partial charge in [-0.3, -0.25) is 4.68 Å². The van der Waals surface area contributed by atoms with Gasteiger partial charge in [0.15, 0.2) is 0 Å². The molecule has 1 aromatic heterocycles. The summed E-state index contributed by atoms with van der Waals surface area (Å²) in [6.07, 6.45) is 4.49. The van der Waals surface area contributed by atoms with Crippen LogP contribution in [0.1, 0.15) is 18.9 Å². The van der Waals surface area contributed by atoms with Crippen LogP contribution in [0.15, 0.2) is 24.4 Å². The molecule has 2 aromatic rings. The second-order valence-corrected chi connectivity index (χ2v) is 3.31. The first kappa shape index (κ1) is 6.23. The van der Waals surface area contributed by atoms with Crippen LogP contribution in [0.3, 0.4) is 0 Å². The van der Waals surface area contributed by atoms with E-state index in [1.165, 1.54) is 23.7 Å². The van der Waals surface area contributed by atoms with E-state index in [1.807, 2.05) is 18.3 Å². The van der Waals surface area contributed by atoms with Gasteiger partial charge in [-0.1, -0.05) is 6.07 Å². The maximum Gasteiger partial charge on any atom is 0.0686 e. The van der Waals surface area contributed by atoms with Crippen molar-refractivity contribution in [3.8, 4) is 0 Å². The van der Waals surface area contributed by atoms with Crippen LogP contribution in [0.2, 0.25) is 0 Å². The Morgan fingerprint density at radius 3 is 3.25 bits per heavy atom. The van der Waals surface area contributed by atoms with Gasteiger partial charge in [-0.05, 0) is 31.0 Å². The Labute approximate surface area is 70.8 Å². The third kappa shape index (κ3) is 0.779. The second-order valence-electron chi connectivity index (χ2n) is 3.31. The Kier molecular flexibility index (Phi) is 1.09. The average molecular weight is 157 g/mol. The molecule has 2 nitrogen and oxygen atoms in total. The van der Waals surface area contributed by atoms with Gasteiger partial charge in [0.05, 0.1) is 17.8 Å². The summed E-state index contributed by atoms with van der Waals surface area (Å²) in [7, 11) is 0. The molecule has 1 aliphatic carbocycles. The lowest BCUT2D eigenvalue weighted by Crippen LogP contribution is -1.94. The first-order chi connectivity index (χ1) is 5.95. The quantitative estimate of drug-likeness (QED) is 0.620. The first-order valence-electron chi connectivity index (χ1n) is 4.28. The van der Waals surface area contributed by atoms with Gasteiger partial charge in [0.2, 0.25) is 0 Å². The molecular formula is C10H9N2. The molecule has 1 aromatic carbocycles. The molecule has 2 heteroatoms. The van der Waals surface area contributed by atoms with Crippen LogP contribution in [-0.4, -0.2) is 9.78 Å². The molecule has 0 spiro atoms. The van der Waals surface area contributed by atoms with Crippen LogP contribution in [0.5, 0.6) is 0 Å². The fraction of sp³-hybridized carbons (Fsp3) is 0.300. The summed E-state index contributed by atoms with van der Waals surface area (Å²) in [5, 5.41) is 5.55. The van der Waals surface area contributed by atoms with Crippen molar-refractivity contribution in [2.45, 2.75) is 18.9 Å². The van der Waals surface area contributed by atoms with Gasteiger partial charge in [0.1, 0.15) is 0 Å². The molecule has 0 N–H and O–H groups in total. The van der Waals surface area contributed by atoms with E-state index in [1.54, 1.807) is 0 Å². The fourth-order valence-electron chi connectivity index (χ4n) is 1.54. The standard InChI is InChI=1S/C10H9N2/c1-2-4-10-8(3-1)7-11-12(10)9-5-6-9/h2-4,7,9H,5-6H2. The number of hydrogen-bond donors (Lipinski definition) is 0. The Hall–Kier alpha value is -1.31. The van der Waals surface area contributed by atoms with Gasteiger partial charge in [-0.2, -0.15) is 5.10 Å². The van der Waals surface area contributed by atoms with E-state index in [9.17, 15) is 0 Å². The number of benzene rings is 1. The van der Waals surface area contributed by atoms with Crippen LogP contribution in [0.4, 0.5) is 0 Å². The number of fused-ring (bicyclic) bond motifs is 1. The van der Waals surface area contributed by atoms with Gasteiger partial charge < -0.3 is 0 Å². The van der Waals surface area contributed by atoms with Crippen LogP contribution in [0, 0.1) is 6.07 Å². The molecule has 1 radical (unpaired) electrons. The summed E-state index contributed by atoms with van der Waals surface area (Å²) < 4.78 is 2.13. The van der Waals surface area contributed by atoms with Crippen molar-refractivity contribution in [3.05, 3.63) is 30.5 Å². The average Bonchev–Trinajstić information content (AvgIpc) is 2.86. The van der Waals surface area contributed by atoms with Crippen molar-refractivity contribution < 1.29 is 0 Å². The molecule has 0 unspecified atom stereocenters. The largest absolute Gasteiger partial charge is 0.262 e. The molecule has 3 rings (SSSR count). The molecule has 1 saturated carbocycles. The highest BCUT2D eigenvalue weighted by atomic mass is 15.3. The van der Waals surface area contributed by atoms with Crippen molar-refractivity contribution in [3.63, 3.8) is 0 Å². The van der Waals surface area contributed by atoms with Crippen LogP contribution in [-0.2, 0) is 0 Å². The molecule has 0 amide bonds. The molecule has 0 aliphatic heterocycles. The molecule has 0 bridgehead atoms. The van der Waals surface area contributed by atoms with E-state index in [4.69, 9.17) is 0 Å². The molecule has 0 saturated heterocycles. The topological polar surface area (TPSA) is 17.8 Å². The lowest BCUT2D eigenvalue weighted by atomic mass is 10.2. The van der Waals surface area contributed by atoms with Crippen molar-refractivity contribution in [1.82, 2.24) is 9.78 Å². The highest BCUT2D eigenvalue weighted by Crippen LogP contribution is 2.36. The van der Waals surface area contributed by atoms with E-state index >= 15 is 0 Å². The number of nitrogens with zero attached hydrogens (tertiary/aromatic N) is 2. The van der Waals surface area contributed by atoms with E-state index in [-0.39, 0.29) is 0 Å². The maximum absolute atomic E-state index is 4.35. The second kappa shape index (κ2) is 2.09. The van der Waals surface area contributed by atoms with Crippen LogP contribution < -0.4 is 0 Å². The number of aromatic nitrogens is 2. The van der Waals surface area contributed by atoms with Gasteiger partial charge in [0, 0.05) is 5.39 Å². The Morgan fingerprint density at radius 2 is 2.42 bits per heavy atom. The Morgan fingerprint density at radius 1 is 1.50 bits per heavy atom. The normalized spacial score (nSPS) is 17.0. The van der Waals surface area contributed by atoms with Gasteiger partial charge >= 0.3 is 0 Å². The van der Waals surface area contributed by atoms with Crippen LogP contribution in [0.25, 0.3) is 10.9 Å². The summed E-state index contributed by atoms with van der Waals surface area (Å²) in [5.41, 5.74) is 1.25. The monoisotopic (exact) mass is 157 g/mol. The molecule has 12 heavy (non-hydrogen) atoms. The van der Waals surface area contributed by atoms with Crippen molar-refractivity contribution in [2.75, 3.05) is 0 Å². The lowest BCUT2D eigenvalue weighted by Gasteiger charge is -1.97. The van der Waals surface area contributed by atoms with Crippen molar-refractivity contribution in [2.24, 2.45) is 0 Å². The summed E-state index contributed by atoms with van der Waals surface area (Å²) in [4.78, 5) is 0. The molecular weight excluding hydrogens is 148 g/mol. The van der Waals surface area contributed by atoms with E-state index in [2.05, 4.69) is 21.9 Å². The molecule has 0 atom stereocenters. The molecule has 1 heterocycles. The summed E-state index contributed by atoms with van der Waals surface area (Å²) in [5.74, 6) is 0. The summed E-state index contributed by atoms with van der Waals surface area (Å²) in [6, 6.07) is 9.74. The summed E-state index contributed by atoms with van der Waals surface area (Å²) in [6.45, 7) is 0. The highest BCUT2D eigenvalue weighted by molar-refractivity contribution is 5.78. The lowest BCUT2D eigenvalue weighted by molar-refractivity contribution is 0.665. The molecule has 1 aliphatic rings. The predicted octanol–water partition coefficient (Wildman–Crippen LogP) is 2.17. The van der Waals surface area contributed by atoms with Gasteiger partial charge in [-0.15, -0.1) is 0 Å². The van der Waals surface area contributed by atoms with Crippen LogP contribution >= 0.6 is 0 Å². The zero-order valence-electron chi connectivity index (χ0n) is 6.70. The third-order valence-electron chi connectivity index (χ3n) is 2.33. The van der Waals surface area contributed by atoms with Gasteiger partial charge in [-0.25, -0.2) is 0 Å². The minimum absolute atomic E-state index is 0.671. The van der Waals surface area contributed by atoms with E-state index in [0.717, 1.165) is 0 Å². The molecule has 59 valence electrons. The zero-order valence-corrected chi connectivity index (χ0v) is 6.70.